The van der Waals surface area contributed by atoms with E-state index < -0.39 is 0 Å². The molecule has 5 heteroatoms. The van der Waals surface area contributed by atoms with Gasteiger partial charge in [0.15, 0.2) is 0 Å². The third kappa shape index (κ3) is 2.45. The Kier molecular flexibility index (Phi) is 3.42. The van der Waals surface area contributed by atoms with E-state index in [1.165, 1.54) is 10.7 Å². The van der Waals surface area contributed by atoms with Crippen LogP contribution in [0.2, 0.25) is 0 Å². The lowest BCUT2D eigenvalue weighted by Crippen LogP contribution is -2.15. The number of carbonyl (C=O) groups is 1. The van der Waals surface area contributed by atoms with Crippen molar-refractivity contribution in [2.45, 2.75) is 0 Å². The van der Waals surface area contributed by atoms with E-state index in [2.05, 4.69) is 5.10 Å². The smallest absolute Gasteiger partial charge is 0.278 e. The molecule has 22 heavy (non-hydrogen) atoms. The third-order valence-electron chi connectivity index (χ3n) is 3.23. The fourth-order valence-corrected chi connectivity index (χ4v) is 2.21. The van der Waals surface area contributed by atoms with E-state index in [1.54, 1.807) is 24.3 Å². The standard InChI is InChI=1S/C17H12N4O/c18-11-12-5-4-8-14(9-12)17(22)21-15(10-16(19)20-21)13-6-2-1-3-7-13/h1-10H,(H2,19,20). The highest BCUT2D eigenvalue weighted by Gasteiger charge is 2.16. The lowest BCUT2D eigenvalue weighted by Gasteiger charge is -2.06. The van der Waals surface area contributed by atoms with E-state index in [1.807, 2.05) is 36.4 Å². The Morgan fingerprint density at radius 1 is 1.09 bits per heavy atom. The third-order valence-corrected chi connectivity index (χ3v) is 3.23. The number of benzene rings is 2. The van der Waals surface area contributed by atoms with Crippen LogP contribution in [0, 0.1) is 11.3 Å². The maximum Gasteiger partial charge on any atom is 0.278 e. The predicted octanol–water partition coefficient (Wildman–Crippen LogP) is 2.69. The summed E-state index contributed by atoms with van der Waals surface area (Å²) >= 11 is 0. The van der Waals surface area contributed by atoms with Crippen LogP contribution in [0.5, 0.6) is 0 Å². The molecule has 0 saturated heterocycles. The fraction of sp³-hybridized carbons (Fsp3) is 0. The Morgan fingerprint density at radius 3 is 2.59 bits per heavy atom. The molecule has 0 bridgehead atoms. The minimum Gasteiger partial charge on any atom is -0.382 e. The van der Waals surface area contributed by atoms with Crippen LogP contribution < -0.4 is 5.73 Å². The highest BCUT2D eigenvalue weighted by Crippen LogP contribution is 2.22. The van der Waals surface area contributed by atoms with Gasteiger partial charge in [0.05, 0.1) is 17.3 Å². The zero-order chi connectivity index (χ0) is 15.5. The number of carbonyl (C=O) groups excluding carboxylic acids is 1. The monoisotopic (exact) mass is 288 g/mol. The summed E-state index contributed by atoms with van der Waals surface area (Å²) in [6.07, 6.45) is 0. The molecule has 0 aliphatic heterocycles. The molecule has 0 aliphatic rings. The predicted molar refractivity (Wildman–Crippen MR) is 83.0 cm³/mol. The first-order valence-electron chi connectivity index (χ1n) is 6.65. The first-order valence-corrected chi connectivity index (χ1v) is 6.65. The average Bonchev–Trinajstić information content (AvgIpc) is 2.97. The van der Waals surface area contributed by atoms with Crippen LogP contribution in [0.4, 0.5) is 5.82 Å². The van der Waals surface area contributed by atoms with Crippen molar-refractivity contribution in [3.8, 4) is 17.3 Å². The minimum absolute atomic E-state index is 0.267. The summed E-state index contributed by atoms with van der Waals surface area (Å²) in [5.41, 5.74) is 8.02. The van der Waals surface area contributed by atoms with Gasteiger partial charge in [-0.2, -0.15) is 9.94 Å². The number of nitrogens with two attached hydrogens (primary N) is 1. The van der Waals surface area contributed by atoms with Gasteiger partial charge in [-0.3, -0.25) is 4.79 Å². The zero-order valence-electron chi connectivity index (χ0n) is 11.6. The molecule has 0 unspecified atom stereocenters. The van der Waals surface area contributed by atoms with Crippen molar-refractivity contribution < 1.29 is 4.79 Å². The van der Waals surface area contributed by atoms with Gasteiger partial charge < -0.3 is 5.73 Å². The van der Waals surface area contributed by atoms with Gasteiger partial charge in [-0.25, -0.2) is 0 Å². The molecule has 0 amide bonds. The number of hydrogen-bond acceptors (Lipinski definition) is 4. The molecular formula is C17H12N4O. The number of nitriles is 1. The Balaban J connectivity index is 2.09. The quantitative estimate of drug-likeness (QED) is 0.785. The Labute approximate surface area is 127 Å². The summed E-state index contributed by atoms with van der Waals surface area (Å²) < 4.78 is 1.27. The van der Waals surface area contributed by atoms with Gasteiger partial charge in [0.2, 0.25) is 0 Å². The van der Waals surface area contributed by atoms with Gasteiger partial charge in [-0.05, 0) is 18.2 Å². The second-order valence-electron chi connectivity index (χ2n) is 4.73. The molecule has 1 aromatic heterocycles. The molecule has 106 valence electrons. The molecule has 3 aromatic rings. The molecule has 0 atom stereocenters. The Bertz CT molecular complexity index is 875. The number of nitrogens with zero attached hydrogens (tertiary/aromatic N) is 3. The van der Waals surface area contributed by atoms with Crippen LogP contribution in [0.3, 0.4) is 0 Å². The maximum absolute atomic E-state index is 12.7. The van der Waals surface area contributed by atoms with Gasteiger partial charge in [-0.15, -0.1) is 5.10 Å². The fourth-order valence-electron chi connectivity index (χ4n) is 2.21. The van der Waals surface area contributed by atoms with Gasteiger partial charge >= 0.3 is 0 Å². The second-order valence-corrected chi connectivity index (χ2v) is 4.73. The van der Waals surface area contributed by atoms with E-state index in [9.17, 15) is 4.79 Å². The highest BCUT2D eigenvalue weighted by molar-refractivity contribution is 5.98. The normalized spacial score (nSPS) is 10.1. The van der Waals surface area contributed by atoms with E-state index >= 15 is 0 Å². The van der Waals surface area contributed by atoms with Crippen molar-refractivity contribution in [3.63, 3.8) is 0 Å². The van der Waals surface area contributed by atoms with Gasteiger partial charge in [-0.1, -0.05) is 36.4 Å². The molecular weight excluding hydrogens is 276 g/mol. The van der Waals surface area contributed by atoms with Crippen molar-refractivity contribution in [2.24, 2.45) is 0 Å². The second kappa shape index (κ2) is 5.54. The van der Waals surface area contributed by atoms with Gasteiger partial charge in [0, 0.05) is 17.2 Å². The molecule has 0 fully saturated rings. The SMILES string of the molecule is N#Cc1cccc(C(=O)n2nc(N)cc2-c2ccccc2)c1. The number of aromatic nitrogens is 2. The summed E-state index contributed by atoms with van der Waals surface area (Å²) in [4.78, 5) is 12.7. The zero-order valence-corrected chi connectivity index (χ0v) is 11.6. The Hall–Kier alpha value is -3.39. The molecule has 1 heterocycles. The van der Waals surface area contributed by atoms with E-state index in [4.69, 9.17) is 11.0 Å². The lowest BCUT2D eigenvalue weighted by molar-refractivity contribution is 0.0947. The first kappa shape index (κ1) is 13.6. The van der Waals surface area contributed by atoms with Gasteiger partial charge in [0.1, 0.15) is 5.82 Å². The van der Waals surface area contributed by atoms with E-state index in [-0.39, 0.29) is 11.7 Å². The van der Waals surface area contributed by atoms with E-state index in [0.717, 1.165) is 5.56 Å². The molecule has 3 rings (SSSR count). The number of hydrogen-bond donors (Lipinski definition) is 1. The molecule has 0 saturated carbocycles. The Morgan fingerprint density at radius 2 is 1.86 bits per heavy atom. The summed E-state index contributed by atoms with van der Waals surface area (Å²) in [5.74, 6) is -0.0590. The minimum atomic E-state index is -0.326. The van der Waals surface area contributed by atoms with E-state index in [0.29, 0.717) is 16.8 Å². The van der Waals surface area contributed by atoms with Crippen LogP contribution in [0.1, 0.15) is 15.9 Å². The first-order chi connectivity index (χ1) is 10.7. The van der Waals surface area contributed by atoms with Crippen molar-refractivity contribution in [1.82, 2.24) is 9.78 Å². The number of anilines is 1. The van der Waals surface area contributed by atoms with Crippen LogP contribution >= 0.6 is 0 Å². The summed E-state index contributed by atoms with van der Waals surface area (Å²) in [7, 11) is 0. The number of nitrogen functional groups attached to an aromatic ring is 1. The summed E-state index contributed by atoms with van der Waals surface area (Å²) in [5, 5.41) is 13.0. The molecule has 5 nitrogen and oxygen atoms in total. The summed E-state index contributed by atoms with van der Waals surface area (Å²) in [6.45, 7) is 0. The largest absolute Gasteiger partial charge is 0.382 e. The van der Waals surface area contributed by atoms with Crippen LogP contribution in [-0.4, -0.2) is 15.7 Å². The molecule has 0 aliphatic carbocycles. The molecule has 2 aromatic carbocycles. The maximum atomic E-state index is 12.7. The van der Waals surface area contributed by atoms with Crippen molar-refractivity contribution >= 4 is 11.7 Å². The lowest BCUT2D eigenvalue weighted by atomic mass is 10.1. The molecule has 2 N–H and O–H groups in total. The van der Waals surface area contributed by atoms with Crippen molar-refractivity contribution in [3.05, 3.63) is 71.8 Å². The summed E-state index contributed by atoms with van der Waals surface area (Å²) in [6, 6.07) is 19.6. The van der Waals surface area contributed by atoms with Crippen molar-refractivity contribution in [2.75, 3.05) is 5.73 Å². The highest BCUT2D eigenvalue weighted by atomic mass is 16.2. The van der Waals surface area contributed by atoms with Crippen molar-refractivity contribution in [1.29, 1.82) is 5.26 Å². The topological polar surface area (TPSA) is 84.7 Å². The van der Waals surface area contributed by atoms with Crippen LogP contribution in [0.15, 0.2) is 60.7 Å². The average molecular weight is 288 g/mol. The van der Waals surface area contributed by atoms with Crippen LogP contribution in [-0.2, 0) is 0 Å². The molecule has 0 radical (unpaired) electrons. The number of rotatable bonds is 2. The van der Waals surface area contributed by atoms with Crippen LogP contribution in [0.25, 0.3) is 11.3 Å². The van der Waals surface area contributed by atoms with Gasteiger partial charge in [0.25, 0.3) is 5.91 Å². The molecule has 0 spiro atoms.